The van der Waals surface area contributed by atoms with Crippen LogP contribution >= 0.6 is 0 Å². The van der Waals surface area contributed by atoms with Crippen LogP contribution in [0.4, 0.5) is 0 Å². The summed E-state index contributed by atoms with van der Waals surface area (Å²) in [6, 6.07) is 33.0. The Balaban J connectivity index is 2.05. The smallest absolute Gasteiger partial charge is 0.0771 e. The number of hydrogen-bond donors (Lipinski definition) is 0. The van der Waals surface area contributed by atoms with Gasteiger partial charge in [-0.2, -0.15) is 0 Å². The Bertz CT molecular complexity index is 1710. The van der Waals surface area contributed by atoms with E-state index in [0.29, 0.717) is 0 Å². The van der Waals surface area contributed by atoms with Crippen molar-refractivity contribution in [3.63, 3.8) is 0 Å². The maximum Gasteiger partial charge on any atom is 0.0771 e. The minimum atomic E-state index is 1.23. The predicted molar refractivity (Wildman–Crippen MR) is 118 cm³/mol. The summed E-state index contributed by atoms with van der Waals surface area (Å²) in [4.78, 5) is 0. The molecule has 0 aliphatic rings. The summed E-state index contributed by atoms with van der Waals surface area (Å²) < 4.78 is 4.80. The zero-order valence-electron chi connectivity index (χ0n) is 15.1. The van der Waals surface area contributed by atoms with Crippen molar-refractivity contribution in [3.8, 4) is 0 Å². The van der Waals surface area contributed by atoms with Gasteiger partial charge in [0.05, 0.1) is 27.6 Å². The van der Waals surface area contributed by atoms with Gasteiger partial charge in [-0.25, -0.2) is 0 Å². The summed E-state index contributed by atoms with van der Waals surface area (Å²) in [5.41, 5.74) is 6.26. The molecule has 0 N–H and O–H groups in total. The van der Waals surface area contributed by atoms with Crippen molar-refractivity contribution in [2.75, 3.05) is 0 Å². The van der Waals surface area contributed by atoms with E-state index >= 15 is 0 Å². The number of aromatic nitrogens is 2. The second-order valence-corrected chi connectivity index (χ2v) is 7.47. The predicted octanol–water partition coefficient (Wildman–Crippen LogP) is 6.80. The molecule has 0 fully saturated rings. The molecule has 0 unspecified atom stereocenters. The second-order valence-electron chi connectivity index (χ2n) is 7.47. The summed E-state index contributed by atoms with van der Waals surface area (Å²) in [5.74, 6) is 0. The molecule has 0 bridgehead atoms. The van der Waals surface area contributed by atoms with E-state index < -0.39 is 0 Å². The first-order valence-corrected chi connectivity index (χ1v) is 9.64. The zero-order valence-corrected chi connectivity index (χ0v) is 15.1. The molecule has 0 atom stereocenters. The fourth-order valence-electron chi connectivity index (χ4n) is 4.95. The topological polar surface area (TPSA) is 8.82 Å². The first-order chi connectivity index (χ1) is 13.9. The van der Waals surface area contributed by atoms with Crippen LogP contribution in [0.15, 0.2) is 97.2 Å². The molecule has 130 valence electrons. The highest BCUT2D eigenvalue weighted by Gasteiger charge is 2.15. The molecule has 2 nitrogen and oxygen atoms in total. The average Bonchev–Trinajstić information content (AvgIpc) is 3.32. The highest BCUT2D eigenvalue weighted by molar-refractivity contribution is 6.20. The summed E-state index contributed by atoms with van der Waals surface area (Å²) >= 11 is 0. The van der Waals surface area contributed by atoms with Gasteiger partial charge in [0.2, 0.25) is 0 Å². The van der Waals surface area contributed by atoms with Crippen molar-refractivity contribution < 1.29 is 0 Å². The third kappa shape index (κ3) is 1.59. The Hall–Kier alpha value is -3.78. The third-order valence-electron chi connectivity index (χ3n) is 6.08. The van der Waals surface area contributed by atoms with Crippen LogP contribution in [-0.4, -0.2) is 8.80 Å². The molecule has 28 heavy (non-hydrogen) atoms. The number of benzene rings is 4. The van der Waals surface area contributed by atoms with Gasteiger partial charge < -0.3 is 8.80 Å². The quantitative estimate of drug-likeness (QED) is 0.282. The Morgan fingerprint density at radius 2 is 1.04 bits per heavy atom. The number of rotatable bonds is 0. The van der Waals surface area contributed by atoms with Gasteiger partial charge in [0, 0.05) is 33.1 Å². The maximum atomic E-state index is 2.45. The number of para-hydroxylation sites is 4. The molecule has 7 aromatic rings. The van der Waals surface area contributed by atoms with Crippen molar-refractivity contribution >= 4 is 54.5 Å². The molecule has 7 rings (SSSR count). The fraction of sp³-hybridized carbons (Fsp3) is 0. The van der Waals surface area contributed by atoms with Crippen LogP contribution in [-0.2, 0) is 0 Å². The molecule has 0 amide bonds. The molecule has 4 aromatic carbocycles. The van der Waals surface area contributed by atoms with Crippen LogP contribution in [0.3, 0.4) is 0 Å². The van der Waals surface area contributed by atoms with Gasteiger partial charge in [0.15, 0.2) is 0 Å². The molecule has 0 saturated heterocycles. The van der Waals surface area contributed by atoms with Crippen LogP contribution in [0.25, 0.3) is 54.5 Å². The van der Waals surface area contributed by atoms with Gasteiger partial charge in [-0.05, 0) is 24.3 Å². The van der Waals surface area contributed by atoms with E-state index in [2.05, 4.69) is 106 Å². The number of nitrogens with zero attached hydrogens (tertiary/aromatic N) is 2. The van der Waals surface area contributed by atoms with Crippen LogP contribution in [0.2, 0.25) is 0 Å². The minimum absolute atomic E-state index is 1.23. The molecule has 0 spiro atoms. The monoisotopic (exact) mass is 356 g/mol. The van der Waals surface area contributed by atoms with E-state index in [1.807, 2.05) is 0 Å². The maximum absolute atomic E-state index is 2.45. The Kier molecular flexibility index (Phi) is 2.52. The van der Waals surface area contributed by atoms with Crippen LogP contribution in [0, 0.1) is 0 Å². The first-order valence-electron chi connectivity index (χ1n) is 9.64. The van der Waals surface area contributed by atoms with Gasteiger partial charge in [-0.1, -0.05) is 66.7 Å². The number of hydrogen-bond acceptors (Lipinski definition) is 0. The SMILES string of the molecule is c1ccc2c(c1)c1cccc3c4ccccc4n(c4cccc5ccn2c54)c13. The zero-order chi connectivity index (χ0) is 18.2. The van der Waals surface area contributed by atoms with Gasteiger partial charge in [-0.15, -0.1) is 0 Å². The van der Waals surface area contributed by atoms with E-state index in [0.717, 1.165) is 0 Å². The first kappa shape index (κ1) is 14.3. The summed E-state index contributed by atoms with van der Waals surface area (Å²) in [7, 11) is 0. The van der Waals surface area contributed by atoms with E-state index in [1.165, 1.54) is 54.5 Å². The lowest BCUT2D eigenvalue weighted by Gasteiger charge is -2.10. The van der Waals surface area contributed by atoms with Crippen LogP contribution < -0.4 is 0 Å². The van der Waals surface area contributed by atoms with Gasteiger partial charge >= 0.3 is 0 Å². The van der Waals surface area contributed by atoms with Crippen molar-refractivity contribution in [3.05, 3.63) is 97.2 Å². The van der Waals surface area contributed by atoms with Gasteiger partial charge in [0.1, 0.15) is 0 Å². The number of fused-ring (bicyclic) bond motifs is 7. The van der Waals surface area contributed by atoms with Crippen LogP contribution in [0.5, 0.6) is 0 Å². The Morgan fingerprint density at radius 3 is 1.86 bits per heavy atom. The summed E-state index contributed by atoms with van der Waals surface area (Å²) in [5, 5.41) is 6.41. The highest BCUT2D eigenvalue weighted by atomic mass is 15.0. The largest absolute Gasteiger partial charge is 0.314 e. The molecular formula is C26H16N2. The lowest BCUT2D eigenvalue weighted by atomic mass is 10.1. The molecule has 0 radical (unpaired) electrons. The molecule has 3 heterocycles. The van der Waals surface area contributed by atoms with E-state index in [9.17, 15) is 0 Å². The molecule has 2 heteroatoms. The van der Waals surface area contributed by atoms with Crippen LogP contribution in [0.1, 0.15) is 0 Å². The van der Waals surface area contributed by atoms with Gasteiger partial charge in [0.25, 0.3) is 0 Å². The summed E-state index contributed by atoms with van der Waals surface area (Å²) in [6.07, 6.45) is 2.20. The van der Waals surface area contributed by atoms with E-state index in [4.69, 9.17) is 0 Å². The van der Waals surface area contributed by atoms with E-state index in [-0.39, 0.29) is 0 Å². The lowest BCUT2D eigenvalue weighted by molar-refractivity contribution is 1.26. The third-order valence-corrected chi connectivity index (χ3v) is 6.08. The van der Waals surface area contributed by atoms with Crippen molar-refractivity contribution in [1.82, 2.24) is 8.80 Å². The molecule has 0 aliphatic carbocycles. The summed E-state index contributed by atoms with van der Waals surface area (Å²) in [6.45, 7) is 0. The molecule has 0 aliphatic heterocycles. The Morgan fingerprint density at radius 1 is 0.429 bits per heavy atom. The molecular weight excluding hydrogens is 340 g/mol. The van der Waals surface area contributed by atoms with Crippen molar-refractivity contribution in [1.29, 1.82) is 0 Å². The molecule has 0 saturated carbocycles. The molecule has 3 aromatic heterocycles. The Labute approximate surface area is 160 Å². The van der Waals surface area contributed by atoms with Gasteiger partial charge in [-0.3, -0.25) is 0 Å². The minimum Gasteiger partial charge on any atom is -0.314 e. The highest BCUT2D eigenvalue weighted by Crippen LogP contribution is 2.37. The lowest BCUT2D eigenvalue weighted by Crippen LogP contribution is -1.93. The van der Waals surface area contributed by atoms with Crippen molar-refractivity contribution in [2.45, 2.75) is 0 Å². The normalized spacial score (nSPS) is 12.3. The van der Waals surface area contributed by atoms with E-state index in [1.54, 1.807) is 0 Å². The average molecular weight is 356 g/mol. The fourth-order valence-corrected chi connectivity index (χ4v) is 4.95. The van der Waals surface area contributed by atoms with Crippen molar-refractivity contribution in [2.24, 2.45) is 0 Å². The second kappa shape index (κ2) is 4.93. The standard InChI is InChI=1S/C26H16N2/c1-3-12-22-18(8-1)20-10-6-11-21-19-9-2-4-13-23(19)28(26(20)21)24-14-5-7-17-15-16-27(22)25(17)24/h1-16H.